The monoisotopic (exact) mass is 407 g/mol. The van der Waals surface area contributed by atoms with Crippen LogP contribution in [0.15, 0.2) is 39.9 Å². The van der Waals surface area contributed by atoms with Crippen molar-refractivity contribution in [3.05, 3.63) is 73.3 Å². The third kappa shape index (κ3) is 3.77. The highest BCUT2D eigenvalue weighted by atomic mass is 16.2. The van der Waals surface area contributed by atoms with Crippen LogP contribution in [-0.4, -0.2) is 40.9 Å². The molecule has 1 saturated heterocycles. The van der Waals surface area contributed by atoms with Gasteiger partial charge in [0.1, 0.15) is 11.4 Å². The standard InChI is InChI=1S/C23H29N5O2/c1-4-28-17(3)19(16(2)25-28)14-24-20-21(23(30)22(20)29)27-12-10-26(11-13-27)15-18-8-6-5-7-9-18/h5-9,24H,4,10-15H2,1-3H3. The van der Waals surface area contributed by atoms with Gasteiger partial charge in [0, 0.05) is 57.1 Å². The van der Waals surface area contributed by atoms with E-state index in [0.29, 0.717) is 17.9 Å². The third-order valence-electron chi connectivity index (χ3n) is 6.10. The maximum atomic E-state index is 12.3. The number of hydrogen-bond acceptors (Lipinski definition) is 6. The Morgan fingerprint density at radius 1 is 1.00 bits per heavy atom. The molecule has 2 heterocycles. The van der Waals surface area contributed by atoms with E-state index in [0.717, 1.165) is 56.2 Å². The first-order valence-corrected chi connectivity index (χ1v) is 10.6. The van der Waals surface area contributed by atoms with Crippen LogP contribution in [0.4, 0.5) is 11.4 Å². The number of benzene rings is 1. The van der Waals surface area contributed by atoms with E-state index < -0.39 is 5.43 Å². The molecule has 7 heteroatoms. The predicted octanol–water partition coefficient (Wildman–Crippen LogP) is 2.05. The summed E-state index contributed by atoms with van der Waals surface area (Å²) >= 11 is 0. The van der Waals surface area contributed by atoms with Crippen molar-refractivity contribution in [1.82, 2.24) is 14.7 Å². The van der Waals surface area contributed by atoms with Gasteiger partial charge in [0.25, 0.3) is 10.9 Å². The number of anilines is 2. The Morgan fingerprint density at radius 3 is 2.33 bits per heavy atom. The second-order valence-corrected chi connectivity index (χ2v) is 7.95. The Labute approximate surface area is 176 Å². The minimum Gasteiger partial charge on any atom is -0.376 e. The molecule has 30 heavy (non-hydrogen) atoms. The van der Waals surface area contributed by atoms with Crippen LogP contribution in [0.25, 0.3) is 0 Å². The summed E-state index contributed by atoms with van der Waals surface area (Å²) in [5, 5.41) is 7.76. The zero-order valence-corrected chi connectivity index (χ0v) is 17.9. The molecule has 0 bridgehead atoms. The number of piperazine rings is 1. The number of aromatic nitrogens is 2. The summed E-state index contributed by atoms with van der Waals surface area (Å²) in [6.07, 6.45) is 0. The van der Waals surface area contributed by atoms with Crippen molar-refractivity contribution in [1.29, 1.82) is 0 Å². The molecule has 7 nitrogen and oxygen atoms in total. The van der Waals surface area contributed by atoms with Gasteiger partial charge in [-0.15, -0.1) is 0 Å². The average Bonchev–Trinajstić information content (AvgIpc) is 3.05. The fraction of sp³-hybridized carbons (Fsp3) is 0.435. The lowest BCUT2D eigenvalue weighted by Crippen LogP contribution is -2.51. The summed E-state index contributed by atoms with van der Waals surface area (Å²) in [6, 6.07) is 10.4. The van der Waals surface area contributed by atoms with Crippen molar-refractivity contribution in [2.24, 2.45) is 0 Å². The second kappa shape index (κ2) is 8.44. The third-order valence-corrected chi connectivity index (χ3v) is 6.10. The Kier molecular flexibility index (Phi) is 5.72. The molecule has 0 aliphatic carbocycles. The summed E-state index contributed by atoms with van der Waals surface area (Å²) in [6.45, 7) is 11.5. The van der Waals surface area contributed by atoms with E-state index in [9.17, 15) is 9.59 Å². The topological polar surface area (TPSA) is 70.5 Å². The Morgan fingerprint density at radius 2 is 1.70 bits per heavy atom. The van der Waals surface area contributed by atoms with Crippen LogP contribution in [0.3, 0.4) is 0 Å². The van der Waals surface area contributed by atoms with Crippen LogP contribution in [0.5, 0.6) is 0 Å². The van der Waals surface area contributed by atoms with Crippen molar-refractivity contribution in [2.75, 3.05) is 36.4 Å². The normalized spacial score (nSPS) is 15.1. The van der Waals surface area contributed by atoms with E-state index in [1.807, 2.05) is 24.6 Å². The lowest BCUT2D eigenvalue weighted by atomic mass is 10.1. The van der Waals surface area contributed by atoms with Crippen LogP contribution in [-0.2, 0) is 19.6 Å². The van der Waals surface area contributed by atoms with Crippen molar-refractivity contribution < 1.29 is 0 Å². The van der Waals surface area contributed by atoms with E-state index in [1.54, 1.807) is 0 Å². The van der Waals surface area contributed by atoms with Gasteiger partial charge in [-0.1, -0.05) is 30.3 Å². The smallest absolute Gasteiger partial charge is 0.253 e. The summed E-state index contributed by atoms with van der Waals surface area (Å²) < 4.78 is 1.96. The maximum Gasteiger partial charge on any atom is 0.253 e. The molecule has 2 aromatic carbocycles. The minimum atomic E-state index is -0.407. The molecule has 1 N–H and O–H groups in total. The summed E-state index contributed by atoms with van der Waals surface area (Å²) in [4.78, 5) is 29.0. The zero-order chi connectivity index (χ0) is 21.3. The van der Waals surface area contributed by atoms with Gasteiger partial charge in [-0.2, -0.15) is 5.10 Å². The van der Waals surface area contributed by atoms with Crippen LogP contribution in [0.2, 0.25) is 0 Å². The Balaban J connectivity index is 1.41. The van der Waals surface area contributed by atoms with Gasteiger partial charge in [-0.05, 0) is 26.3 Å². The molecule has 1 fully saturated rings. The molecule has 1 aliphatic rings. The van der Waals surface area contributed by atoms with Crippen molar-refractivity contribution in [3.63, 3.8) is 0 Å². The van der Waals surface area contributed by atoms with Crippen LogP contribution in [0.1, 0.15) is 29.4 Å². The second-order valence-electron chi connectivity index (χ2n) is 7.95. The quantitative estimate of drug-likeness (QED) is 0.605. The molecule has 3 aromatic rings. The molecule has 0 spiro atoms. The molecule has 158 valence electrons. The predicted molar refractivity (Wildman–Crippen MR) is 120 cm³/mol. The molecule has 1 aromatic heterocycles. The van der Waals surface area contributed by atoms with Crippen LogP contribution >= 0.6 is 0 Å². The molecular weight excluding hydrogens is 378 g/mol. The van der Waals surface area contributed by atoms with Gasteiger partial charge < -0.3 is 10.2 Å². The highest BCUT2D eigenvalue weighted by Gasteiger charge is 2.28. The molecule has 1 aliphatic heterocycles. The van der Waals surface area contributed by atoms with Gasteiger partial charge >= 0.3 is 0 Å². The number of hydrogen-bond donors (Lipinski definition) is 1. The van der Waals surface area contributed by atoms with Gasteiger partial charge in [0.2, 0.25) is 0 Å². The first-order chi connectivity index (χ1) is 14.5. The molecule has 0 radical (unpaired) electrons. The molecule has 4 rings (SSSR count). The van der Waals surface area contributed by atoms with Gasteiger partial charge in [0.05, 0.1) is 5.69 Å². The summed E-state index contributed by atoms with van der Waals surface area (Å²) in [5.41, 5.74) is 4.66. The van der Waals surface area contributed by atoms with Gasteiger partial charge in [0.15, 0.2) is 0 Å². The number of nitrogens with one attached hydrogen (secondary N) is 1. The van der Waals surface area contributed by atoms with E-state index in [2.05, 4.69) is 51.4 Å². The van der Waals surface area contributed by atoms with Crippen LogP contribution in [0, 0.1) is 13.8 Å². The van der Waals surface area contributed by atoms with E-state index in [4.69, 9.17) is 0 Å². The number of rotatable bonds is 7. The van der Waals surface area contributed by atoms with Crippen molar-refractivity contribution in [3.8, 4) is 0 Å². The van der Waals surface area contributed by atoms with E-state index in [1.165, 1.54) is 5.56 Å². The first kappa shape index (κ1) is 20.3. The molecule has 0 saturated carbocycles. The van der Waals surface area contributed by atoms with Crippen molar-refractivity contribution in [2.45, 2.75) is 40.4 Å². The first-order valence-electron chi connectivity index (χ1n) is 10.6. The molecular formula is C23H29N5O2. The SMILES string of the molecule is CCn1nc(C)c(CNc2c(N3CCN(Cc4ccccc4)CC3)c(=O)c2=O)c1C. The van der Waals surface area contributed by atoms with E-state index in [-0.39, 0.29) is 5.43 Å². The average molecular weight is 408 g/mol. The zero-order valence-electron chi connectivity index (χ0n) is 17.9. The van der Waals surface area contributed by atoms with Crippen molar-refractivity contribution >= 4 is 11.4 Å². The lowest BCUT2D eigenvalue weighted by molar-refractivity contribution is 0.249. The number of aryl methyl sites for hydroxylation is 2. The Bertz CT molecular complexity index is 1090. The summed E-state index contributed by atoms with van der Waals surface area (Å²) in [5.74, 6) is 0. The Hall–Kier alpha value is -2.93. The highest BCUT2D eigenvalue weighted by molar-refractivity contribution is 5.75. The largest absolute Gasteiger partial charge is 0.376 e. The lowest BCUT2D eigenvalue weighted by Gasteiger charge is -2.37. The molecule has 0 amide bonds. The van der Waals surface area contributed by atoms with Gasteiger partial charge in [-0.3, -0.25) is 19.2 Å². The fourth-order valence-corrected chi connectivity index (χ4v) is 4.29. The highest BCUT2D eigenvalue weighted by Crippen LogP contribution is 2.24. The van der Waals surface area contributed by atoms with Gasteiger partial charge in [-0.25, -0.2) is 0 Å². The fourth-order valence-electron chi connectivity index (χ4n) is 4.29. The van der Waals surface area contributed by atoms with E-state index >= 15 is 0 Å². The minimum absolute atomic E-state index is 0.369. The maximum absolute atomic E-state index is 12.3. The van der Waals surface area contributed by atoms with Crippen LogP contribution < -0.4 is 21.1 Å². The number of nitrogens with zero attached hydrogens (tertiary/aromatic N) is 4. The molecule has 0 unspecified atom stereocenters. The summed E-state index contributed by atoms with van der Waals surface area (Å²) in [7, 11) is 0. The molecule has 0 atom stereocenters.